The van der Waals surface area contributed by atoms with E-state index in [1.54, 1.807) is 0 Å². The molecule has 1 saturated heterocycles. The van der Waals surface area contributed by atoms with Crippen LogP contribution in [0.15, 0.2) is 24.3 Å². The van der Waals surface area contributed by atoms with E-state index >= 15 is 0 Å². The highest BCUT2D eigenvalue weighted by Gasteiger charge is 2.25. The largest absolute Gasteiger partial charge is 0.493 e. The number of carbonyl (C=O) groups is 1. The van der Waals surface area contributed by atoms with E-state index in [-0.39, 0.29) is 5.91 Å². The Hall–Kier alpha value is -1.55. The molecule has 1 N–H and O–H groups in total. The number of aryl methyl sites for hydroxylation is 1. The number of piperidine rings is 1. The number of hydrogen-bond acceptors (Lipinski definition) is 3. The third-order valence-corrected chi connectivity index (χ3v) is 4.81. The zero-order valence-corrected chi connectivity index (χ0v) is 14.1. The van der Waals surface area contributed by atoms with E-state index in [0.717, 1.165) is 37.6 Å². The van der Waals surface area contributed by atoms with Gasteiger partial charge in [0, 0.05) is 19.1 Å². The normalized spacial score (nSPS) is 18.9. The summed E-state index contributed by atoms with van der Waals surface area (Å²) in [5.41, 5.74) is 1.18. The summed E-state index contributed by atoms with van der Waals surface area (Å²) in [6.45, 7) is 5.43. The molecule has 23 heavy (non-hydrogen) atoms. The van der Waals surface area contributed by atoms with Crippen molar-refractivity contribution in [2.45, 2.75) is 45.1 Å². The molecule has 0 spiro atoms. The molecule has 1 aliphatic heterocycles. The summed E-state index contributed by atoms with van der Waals surface area (Å²) < 4.78 is 5.68. The number of ether oxygens (including phenoxy) is 1. The number of benzene rings is 1. The zero-order chi connectivity index (χ0) is 16.1. The van der Waals surface area contributed by atoms with Crippen LogP contribution in [0.3, 0.4) is 0 Å². The van der Waals surface area contributed by atoms with Crippen LogP contribution in [-0.2, 0) is 4.79 Å². The van der Waals surface area contributed by atoms with Gasteiger partial charge in [0.2, 0.25) is 5.91 Å². The van der Waals surface area contributed by atoms with E-state index in [9.17, 15) is 4.79 Å². The lowest BCUT2D eigenvalue weighted by atomic mass is 10.0. The maximum absolute atomic E-state index is 12.3. The molecule has 0 radical (unpaired) electrons. The molecule has 3 rings (SSSR count). The van der Waals surface area contributed by atoms with Crippen molar-refractivity contribution < 1.29 is 9.53 Å². The minimum atomic E-state index is 0.221. The summed E-state index contributed by atoms with van der Waals surface area (Å²) >= 11 is 0. The summed E-state index contributed by atoms with van der Waals surface area (Å²) in [6.07, 6.45) is 5.42. The van der Waals surface area contributed by atoms with E-state index in [0.29, 0.717) is 19.1 Å². The Morgan fingerprint density at radius 3 is 2.74 bits per heavy atom. The molecule has 1 aromatic carbocycles. The van der Waals surface area contributed by atoms with Crippen molar-refractivity contribution in [2.75, 3.05) is 26.2 Å². The molecule has 1 aliphatic carbocycles. The first kappa shape index (κ1) is 16.3. The fourth-order valence-corrected chi connectivity index (χ4v) is 3.11. The summed E-state index contributed by atoms with van der Waals surface area (Å²) in [5, 5.41) is 3.65. The Balaban J connectivity index is 1.32. The number of nitrogens with one attached hydrogen (secondary N) is 1. The third-order valence-electron chi connectivity index (χ3n) is 4.81. The van der Waals surface area contributed by atoms with Gasteiger partial charge in [-0.05, 0) is 62.8 Å². The lowest BCUT2D eigenvalue weighted by Crippen LogP contribution is -2.45. The molecule has 1 heterocycles. The average Bonchev–Trinajstić information content (AvgIpc) is 3.38. The van der Waals surface area contributed by atoms with Gasteiger partial charge in [0.25, 0.3) is 0 Å². The van der Waals surface area contributed by atoms with Crippen molar-refractivity contribution in [3.8, 4) is 5.75 Å². The number of rotatable bonds is 7. The average molecular weight is 316 g/mol. The Bertz CT molecular complexity index is 520. The lowest BCUT2D eigenvalue weighted by Gasteiger charge is -2.32. The fourth-order valence-electron chi connectivity index (χ4n) is 3.11. The Morgan fingerprint density at radius 2 is 2.04 bits per heavy atom. The van der Waals surface area contributed by atoms with Crippen LogP contribution in [0.25, 0.3) is 0 Å². The fraction of sp³-hybridized carbons (Fsp3) is 0.632. The highest BCUT2D eigenvalue weighted by atomic mass is 16.5. The second-order valence-corrected chi connectivity index (χ2v) is 6.92. The first-order valence-corrected chi connectivity index (χ1v) is 8.91. The van der Waals surface area contributed by atoms with Gasteiger partial charge in [-0.25, -0.2) is 0 Å². The zero-order valence-electron chi connectivity index (χ0n) is 14.1. The molecule has 0 bridgehead atoms. The Morgan fingerprint density at radius 1 is 1.26 bits per heavy atom. The Labute approximate surface area is 139 Å². The monoisotopic (exact) mass is 316 g/mol. The second-order valence-electron chi connectivity index (χ2n) is 6.92. The molecular weight excluding hydrogens is 288 g/mol. The number of hydrogen-bond donors (Lipinski definition) is 1. The Kier molecular flexibility index (Phi) is 5.55. The highest BCUT2D eigenvalue weighted by molar-refractivity contribution is 5.76. The van der Waals surface area contributed by atoms with Gasteiger partial charge < -0.3 is 15.0 Å². The predicted molar refractivity (Wildman–Crippen MR) is 91.6 cm³/mol. The van der Waals surface area contributed by atoms with Crippen molar-refractivity contribution in [3.63, 3.8) is 0 Å². The van der Waals surface area contributed by atoms with E-state index in [2.05, 4.69) is 5.32 Å². The summed E-state index contributed by atoms with van der Waals surface area (Å²) in [6, 6.07) is 8.56. The van der Waals surface area contributed by atoms with Crippen molar-refractivity contribution in [1.82, 2.24) is 10.2 Å². The number of nitrogens with zero attached hydrogens (tertiary/aromatic N) is 1. The van der Waals surface area contributed by atoms with Gasteiger partial charge in [-0.2, -0.15) is 0 Å². The van der Waals surface area contributed by atoms with Crippen LogP contribution in [0.2, 0.25) is 0 Å². The standard InChI is InChI=1S/C19H28N2O2/c1-15-3-2-4-18(13-15)23-12-9-19(22)21-10-7-17(8-11-21)20-14-16-5-6-16/h2-4,13,16-17,20H,5-12,14H2,1H3. The van der Waals surface area contributed by atoms with Crippen LogP contribution in [0.4, 0.5) is 0 Å². The summed E-state index contributed by atoms with van der Waals surface area (Å²) in [5.74, 6) is 1.99. The van der Waals surface area contributed by atoms with Crippen LogP contribution >= 0.6 is 0 Å². The van der Waals surface area contributed by atoms with Crippen LogP contribution in [0, 0.1) is 12.8 Å². The topological polar surface area (TPSA) is 41.6 Å². The SMILES string of the molecule is Cc1cccc(OCCC(=O)N2CCC(NCC3CC3)CC2)c1. The van der Waals surface area contributed by atoms with E-state index < -0.39 is 0 Å². The van der Waals surface area contributed by atoms with Crippen LogP contribution in [0.1, 0.15) is 37.7 Å². The maximum Gasteiger partial charge on any atom is 0.225 e. The van der Waals surface area contributed by atoms with Gasteiger partial charge in [0.1, 0.15) is 5.75 Å². The third kappa shape index (κ3) is 5.24. The minimum absolute atomic E-state index is 0.221. The summed E-state index contributed by atoms with van der Waals surface area (Å²) in [7, 11) is 0. The predicted octanol–water partition coefficient (Wildman–Crippen LogP) is 2.75. The summed E-state index contributed by atoms with van der Waals surface area (Å²) in [4.78, 5) is 14.3. The molecule has 0 unspecified atom stereocenters. The van der Waals surface area contributed by atoms with Gasteiger partial charge in [-0.15, -0.1) is 0 Å². The minimum Gasteiger partial charge on any atom is -0.493 e. The molecule has 0 atom stereocenters. The van der Waals surface area contributed by atoms with E-state index in [4.69, 9.17) is 4.74 Å². The van der Waals surface area contributed by atoms with Crippen molar-refractivity contribution in [1.29, 1.82) is 0 Å². The molecule has 2 aliphatic rings. The van der Waals surface area contributed by atoms with Gasteiger partial charge in [0.05, 0.1) is 13.0 Å². The number of likely N-dealkylation sites (tertiary alicyclic amines) is 1. The smallest absolute Gasteiger partial charge is 0.225 e. The van der Waals surface area contributed by atoms with Crippen molar-refractivity contribution in [2.24, 2.45) is 5.92 Å². The molecule has 4 heteroatoms. The number of amides is 1. The van der Waals surface area contributed by atoms with Crippen molar-refractivity contribution >= 4 is 5.91 Å². The lowest BCUT2D eigenvalue weighted by molar-refractivity contribution is -0.132. The molecule has 0 aromatic heterocycles. The molecule has 1 aromatic rings. The van der Waals surface area contributed by atoms with E-state index in [1.165, 1.54) is 24.9 Å². The van der Waals surface area contributed by atoms with Crippen molar-refractivity contribution in [3.05, 3.63) is 29.8 Å². The molecule has 2 fully saturated rings. The molecule has 4 nitrogen and oxygen atoms in total. The van der Waals surface area contributed by atoms with Gasteiger partial charge in [0.15, 0.2) is 0 Å². The molecule has 1 saturated carbocycles. The van der Waals surface area contributed by atoms with Gasteiger partial charge in [-0.3, -0.25) is 4.79 Å². The van der Waals surface area contributed by atoms with E-state index in [1.807, 2.05) is 36.1 Å². The van der Waals surface area contributed by atoms with Gasteiger partial charge >= 0.3 is 0 Å². The first-order valence-electron chi connectivity index (χ1n) is 8.91. The first-order chi connectivity index (χ1) is 11.2. The quantitative estimate of drug-likeness (QED) is 0.841. The molecule has 1 amide bonds. The number of carbonyl (C=O) groups excluding carboxylic acids is 1. The molecular formula is C19H28N2O2. The van der Waals surface area contributed by atoms with Crippen LogP contribution < -0.4 is 10.1 Å². The molecule has 126 valence electrons. The van der Waals surface area contributed by atoms with Crippen LogP contribution in [0.5, 0.6) is 5.75 Å². The second kappa shape index (κ2) is 7.82. The van der Waals surface area contributed by atoms with Gasteiger partial charge in [-0.1, -0.05) is 12.1 Å². The highest BCUT2D eigenvalue weighted by Crippen LogP contribution is 2.28. The van der Waals surface area contributed by atoms with Crippen LogP contribution in [-0.4, -0.2) is 43.1 Å². The maximum atomic E-state index is 12.3.